The van der Waals surface area contributed by atoms with E-state index in [0.717, 1.165) is 0 Å². The van der Waals surface area contributed by atoms with Crippen LogP contribution in [0.25, 0.3) is 0 Å². The largest absolute Gasteiger partial charge is 0.389 e. The number of amides is 1. The first-order chi connectivity index (χ1) is 8.62. The summed E-state index contributed by atoms with van der Waals surface area (Å²) in [5, 5.41) is 15.5. The van der Waals surface area contributed by atoms with Gasteiger partial charge in [-0.15, -0.1) is 0 Å². The van der Waals surface area contributed by atoms with Crippen LogP contribution in [0, 0.1) is 5.82 Å². The highest BCUT2D eigenvalue weighted by Crippen LogP contribution is 2.20. The van der Waals surface area contributed by atoms with Crippen LogP contribution in [0.5, 0.6) is 0 Å². The molecule has 0 saturated heterocycles. The standard InChI is InChI=1S/C14H21FN2O2/c1-13(2,14(3,4)19)16-9-12(18)17-11-7-5-6-10(15)8-11/h5-8,16,19H,9H2,1-4H3,(H,17,18). The van der Waals surface area contributed by atoms with Crippen LogP contribution in [-0.2, 0) is 4.79 Å². The third kappa shape index (κ3) is 4.61. The van der Waals surface area contributed by atoms with E-state index in [1.54, 1.807) is 19.9 Å². The molecule has 4 nitrogen and oxygen atoms in total. The Kier molecular flexibility index (Phi) is 4.66. The Morgan fingerprint density at radius 1 is 1.32 bits per heavy atom. The average Bonchev–Trinajstić information content (AvgIpc) is 2.25. The molecule has 0 aliphatic rings. The lowest BCUT2D eigenvalue weighted by Gasteiger charge is -2.38. The summed E-state index contributed by atoms with van der Waals surface area (Å²) in [7, 11) is 0. The number of aliphatic hydroxyl groups is 1. The van der Waals surface area contributed by atoms with Crippen LogP contribution in [0.15, 0.2) is 24.3 Å². The zero-order valence-corrected chi connectivity index (χ0v) is 11.7. The molecule has 0 atom stereocenters. The van der Waals surface area contributed by atoms with Gasteiger partial charge in [-0.3, -0.25) is 4.79 Å². The van der Waals surface area contributed by atoms with Crippen molar-refractivity contribution in [2.24, 2.45) is 0 Å². The number of halogens is 1. The van der Waals surface area contributed by atoms with E-state index in [2.05, 4.69) is 10.6 Å². The Balaban J connectivity index is 2.53. The molecular formula is C14H21FN2O2. The number of hydrogen-bond acceptors (Lipinski definition) is 3. The molecule has 1 rings (SSSR count). The van der Waals surface area contributed by atoms with E-state index >= 15 is 0 Å². The highest BCUT2D eigenvalue weighted by atomic mass is 19.1. The van der Waals surface area contributed by atoms with Gasteiger partial charge in [0, 0.05) is 11.2 Å². The number of carbonyl (C=O) groups excluding carboxylic acids is 1. The summed E-state index contributed by atoms with van der Waals surface area (Å²) in [5.74, 6) is -0.689. The van der Waals surface area contributed by atoms with Gasteiger partial charge in [0.05, 0.1) is 12.1 Å². The van der Waals surface area contributed by atoms with Gasteiger partial charge < -0.3 is 15.7 Å². The van der Waals surface area contributed by atoms with Gasteiger partial charge in [0.25, 0.3) is 0 Å². The lowest BCUT2D eigenvalue weighted by molar-refractivity contribution is -0.116. The van der Waals surface area contributed by atoms with Crippen molar-refractivity contribution in [2.45, 2.75) is 38.8 Å². The third-order valence-electron chi connectivity index (χ3n) is 3.33. The zero-order valence-electron chi connectivity index (χ0n) is 11.7. The van der Waals surface area contributed by atoms with Crippen molar-refractivity contribution < 1.29 is 14.3 Å². The molecule has 0 bridgehead atoms. The lowest BCUT2D eigenvalue weighted by atomic mass is 9.86. The van der Waals surface area contributed by atoms with Gasteiger partial charge in [0.15, 0.2) is 0 Å². The van der Waals surface area contributed by atoms with E-state index in [-0.39, 0.29) is 12.5 Å². The highest BCUT2D eigenvalue weighted by molar-refractivity contribution is 5.92. The number of rotatable bonds is 5. The Hall–Kier alpha value is -1.46. The first-order valence-electron chi connectivity index (χ1n) is 6.15. The molecule has 0 fully saturated rings. The Morgan fingerprint density at radius 3 is 2.47 bits per heavy atom. The molecule has 19 heavy (non-hydrogen) atoms. The Labute approximate surface area is 113 Å². The fourth-order valence-corrected chi connectivity index (χ4v) is 1.29. The average molecular weight is 268 g/mol. The molecule has 0 radical (unpaired) electrons. The van der Waals surface area contributed by atoms with Crippen molar-refractivity contribution in [1.29, 1.82) is 0 Å². The quantitative estimate of drug-likeness (QED) is 0.764. The minimum atomic E-state index is -0.966. The van der Waals surface area contributed by atoms with Crippen LogP contribution in [-0.4, -0.2) is 28.7 Å². The predicted molar refractivity (Wildman–Crippen MR) is 73.4 cm³/mol. The second kappa shape index (κ2) is 5.67. The van der Waals surface area contributed by atoms with E-state index in [1.165, 1.54) is 18.2 Å². The predicted octanol–water partition coefficient (Wildman–Crippen LogP) is 1.90. The topological polar surface area (TPSA) is 61.4 Å². The summed E-state index contributed by atoms with van der Waals surface area (Å²) in [6.45, 7) is 6.99. The summed E-state index contributed by atoms with van der Waals surface area (Å²) < 4.78 is 12.9. The summed E-state index contributed by atoms with van der Waals surface area (Å²) in [6.07, 6.45) is 0. The molecule has 0 spiro atoms. The van der Waals surface area contributed by atoms with Crippen molar-refractivity contribution >= 4 is 11.6 Å². The van der Waals surface area contributed by atoms with Gasteiger partial charge in [0.1, 0.15) is 5.82 Å². The molecule has 1 amide bonds. The van der Waals surface area contributed by atoms with Gasteiger partial charge >= 0.3 is 0 Å². The number of benzene rings is 1. The summed E-state index contributed by atoms with van der Waals surface area (Å²) in [6, 6.07) is 5.70. The van der Waals surface area contributed by atoms with Crippen LogP contribution in [0.3, 0.4) is 0 Å². The SMILES string of the molecule is CC(C)(O)C(C)(C)NCC(=O)Nc1cccc(F)c1. The summed E-state index contributed by atoms with van der Waals surface area (Å²) in [4.78, 5) is 11.7. The molecule has 0 unspecified atom stereocenters. The molecule has 0 saturated carbocycles. The number of anilines is 1. The normalized spacial score (nSPS) is 12.3. The van der Waals surface area contributed by atoms with Gasteiger partial charge in [-0.25, -0.2) is 4.39 Å². The monoisotopic (exact) mass is 268 g/mol. The van der Waals surface area contributed by atoms with Crippen LogP contribution in [0.2, 0.25) is 0 Å². The molecule has 1 aromatic carbocycles. The molecule has 0 aromatic heterocycles. The van der Waals surface area contributed by atoms with Crippen LogP contribution < -0.4 is 10.6 Å². The van der Waals surface area contributed by atoms with Crippen molar-refractivity contribution in [1.82, 2.24) is 5.32 Å². The molecule has 106 valence electrons. The first-order valence-corrected chi connectivity index (χ1v) is 6.15. The van der Waals surface area contributed by atoms with E-state index in [0.29, 0.717) is 5.69 Å². The number of hydrogen-bond donors (Lipinski definition) is 3. The molecular weight excluding hydrogens is 247 g/mol. The maximum absolute atomic E-state index is 12.9. The fourth-order valence-electron chi connectivity index (χ4n) is 1.29. The van der Waals surface area contributed by atoms with Gasteiger partial charge in [-0.05, 0) is 45.9 Å². The number of carbonyl (C=O) groups is 1. The maximum atomic E-state index is 12.9. The van der Waals surface area contributed by atoms with E-state index < -0.39 is 17.0 Å². The third-order valence-corrected chi connectivity index (χ3v) is 3.33. The summed E-state index contributed by atoms with van der Waals surface area (Å²) >= 11 is 0. The molecule has 5 heteroatoms. The lowest BCUT2D eigenvalue weighted by Crippen LogP contribution is -2.57. The van der Waals surface area contributed by atoms with Crippen LogP contribution in [0.4, 0.5) is 10.1 Å². The van der Waals surface area contributed by atoms with Crippen molar-refractivity contribution in [3.05, 3.63) is 30.1 Å². The van der Waals surface area contributed by atoms with Gasteiger partial charge in [-0.1, -0.05) is 6.07 Å². The number of nitrogens with one attached hydrogen (secondary N) is 2. The van der Waals surface area contributed by atoms with Gasteiger partial charge in [-0.2, -0.15) is 0 Å². The van der Waals surface area contributed by atoms with Crippen molar-refractivity contribution in [3.8, 4) is 0 Å². The Morgan fingerprint density at radius 2 is 1.95 bits per heavy atom. The summed E-state index contributed by atoms with van der Waals surface area (Å²) in [5.41, 5.74) is -1.17. The van der Waals surface area contributed by atoms with Crippen LogP contribution in [0.1, 0.15) is 27.7 Å². The van der Waals surface area contributed by atoms with E-state index in [4.69, 9.17) is 0 Å². The maximum Gasteiger partial charge on any atom is 0.238 e. The first kappa shape index (κ1) is 15.6. The highest BCUT2D eigenvalue weighted by Gasteiger charge is 2.34. The smallest absolute Gasteiger partial charge is 0.238 e. The van der Waals surface area contributed by atoms with Crippen molar-refractivity contribution in [2.75, 3.05) is 11.9 Å². The fraction of sp³-hybridized carbons (Fsp3) is 0.500. The second-order valence-electron chi connectivity index (χ2n) is 5.60. The molecule has 0 aliphatic heterocycles. The Bertz CT molecular complexity index is 453. The van der Waals surface area contributed by atoms with Gasteiger partial charge in [0.2, 0.25) is 5.91 Å². The zero-order chi connectivity index (χ0) is 14.7. The van der Waals surface area contributed by atoms with Crippen molar-refractivity contribution in [3.63, 3.8) is 0 Å². The molecule has 0 aliphatic carbocycles. The molecule has 3 N–H and O–H groups in total. The molecule has 1 aromatic rings. The molecule has 0 heterocycles. The van der Waals surface area contributed by atoms with E-state index in [9.17, 15) is 14.3 Å². The van der Waals surface area contributed by atoms with Crippen LogP contribution >= 0.6 is 0 Å². The minimum Gasteiger partial charge on any atom is -0.389 e. The van der Waals surface area contributed by atoms with E-state index in [1.807, 2.05) is 13.8 Å². The second-order valence-corrected chi connectivity index (χ2v) is 5.60. The minimum absolute atomic E-state index is 0.0352.